The van der Waals surface area contributed by atoms with Gasteiger partial charge in [0.2, 0.25) is 0 Å². The molecule has 106 valence electrons. The number of carboxylic acids is 1. The number of carboxylic acid groups (broad SMARTS) is 1. The average Bonchev–Trinajstić information content (AvgIpc) is 2.91. The SMILES string of the molecule is Cc1ccccc1CNc1nccn2cc(C(=O)O)nc12. The van der Waals surface area contributed by atoms with Gasteiger partial charge in [-0.15, -0.1) is 0 Å². The number of aromatic carboxylic acids is 1. The lowest BCUT2D eigenvalue weighted by Gasteiger charge is -2.08. The van der Waals surface area contributed by atoms with Gasteiger partial charge in [-0.1, -0.05) is 24.3 Å². The van der Waals surface area contributed by atoms with E-state index in [0.29, 0.717) is 18.0 Å². The number of rotatable bonds is 4. The van der Waals surface area contributed by atoms with E-state index in [4.69, 9.17) is 5.11 Å². The summed E-state index contributed by atoms with van der Waals surface area (Å²) in [5, 5.41) is 12.2. The second kappa shape index (κ2) is 5.24. The molecule has 1 aromatic carbocycles. The largest absolute Gasteiger partial charge is 0.476 e. The molecule has 6 nitrogen and oxygen atoms in total. The third-order valence-electron chi connectivity index (χ3n) is 3.30. The van der Waals surface area contributed by atoms with E-state index in [-0.39, 0.29) is 5.69 Å². The molecule has 2 aromatic heterocycles. The molecule has 6 heteroatoms. The van der Waals surface area contributed by atoms with Crippen molar-refractivity contribution in [2.75, 3.05) is 5.32 Å². The van der Waals surface area contributed by atoms with Gasteiger partial charge in [0, 0.05) is 25.1 Å². The summed E-state index contributed by atoms with van der Waals surface area (Å²) in [4.78, 5) is 19.3. The van der Waals surface area contributed by atoms with E-state index in [2.05, 4.69) is 15.3 Å². The van der Waals surface area contributed by atoms with Crippen molar-refractivity contribution in [1.29, 1.82) is 0 Å². The number of aromatic nitrogens is 3. The molecule has 0 aliphatic heterocycles. The van der Waals surface area contributed by atoms with E-state index in [9.17, 15) is 4.79 Å². The lowest BCUT2D eigenvalue weighted by atomic mass is 10.1. The lowest BCUT2D eigenvalue weighted by molar-refractivity contribution is 0.0691. The van der Waals surface area contributed by atoms with Crippen LogP contribution in [0.15, 0.2) is 42.9 Å². The molecule has 0 aliphatic carbocycles. The number of nitrogens with zero attached hydrogens (tertiary/aromatic N) is 3. The number of carbonyl (C=O) groups is 1. The Bertz CT molecular complexity index is 810. The molecule has 0 amide bonds. The zero-order chi connectivity index (χ0) is 14.8. The Morgan fingerprint density at radius 1 is 1.38 bits per heavy atom. The zero-order valence-corrected chi connectivity index (χ0v) is 11.4. The van der Waals surface area contributed by atoms with E-state index >= 15 is 0 Å². The van der Waals surface area contributed by atoms with Crippen LogP contribution in [0.4, 0.5) is 5.82 Å². The Labute approximate surface area is 121 Å². The van der Waals surface area contributed by atoms with Gasteiger partial charge in [0.15, 0.2) is 17.2 Å². The molecule has 0 bridgehead atoms. The smallest absolute Gasteiger partial charge is 0.356 e. The number of fused-ring (bicyclic) bond motifs is 1. The number of hydrogen-bond donors (Lipinski definition) is 2. The highest BCUT2D eigenvalue weighted by atomic mass is 16.4. The van der Waals surface area contributed by atoms with Crippen LogP contribution in [-0.4, -0.2) is 25.4 Å². The lowest BCUT2D eigenvalue weighted by Crippen LogP contribution is -2.04. The maximum atomic E-state index is 11.0. The first-order valence-electron chi connectivity index (χ1n) is 6.50. The van der Waals surface area contributed by atoms with Crippen molar-refractivity contribution in [2.45, 2.75) is 13.5 Å². The van der Waals surface area contributed by atoms with Gasteiger partial charge in [-0.25, -0.2) is 14.8 Å². The second-order valence-corrected chi connectivity index (χ2v) is 4.72. The number of nitrogens with one attached hydrogen (secondary N) is 1. The van der Waals surface area contributed by atoms with Crippen LogP contribution < -0.4 is 5.32 Å². The van der Waals surface area contributed by atoms with Gasteiger partial charge in [-0.2, -0.15) is 0 Å². The molecule has 2 N–H and O–H groups in total. The van der Waals surface area contributed by atoms with E-state index in [0.717, 1.165) is 5.56 Å². The van der Waals surface area contributed by atoms with Crippen LogP contribution in [-0.2, 0) is 6.54 Å². The minimum Gasteiger partial charge on any atom is -0.476 e. The average molecular weight is 282 g/mol. The fraction of sp³-hybridized carbons (Fsp3) is 0.133. The Kier molecular flexibility index (Phi) is 3.27. The summed E-state index contributed by atoms with van der Waals surface area (Å²) >= 11 is 0. The van der Waals surface area contributed by atoms with Gasteiger partial charge in [-0.05, 0) is 18.1 Å². The first-order chi connectivity index (χ1) is 10.1. The quantitative estimate of drug-likeness (QED) is 0.768. The topological polar surface area (TPSA) is 79.5 Å². The molecule has 0 spiro atoms. The van der Waals surface area contributed by atoms with Gasteiger partial charge in [-0.3, -0.25) is 0 Å². The Morgan fingerprint density at radius 3 is 2.95 bits per heavy atom. The van der Waals surface area contributed by atoms with Crippen LogP contribution in [0, 0.1) is 6.92 Å². The molecule has 0 saturated carbocycles. The molecule has 0 saturated heterocycles. The monoisotopic (exact) mass is 282 g/mol. The zero-order valence-electron chi connectivity index (χ0n) is 11.4. The highest BCUT2D eigenvalue weighted by Crippen LogP contribution is 2.15. The van der Waals surface area contributed by atoms with Crippen LogP contribution in [0.3, 0.4) is 0 Å². The first kappa shape index (κ1) is 13.1. The number of hydrogen-bond acceptors (Lipinski definition) is 4. The van der Waals surface area contributed by atoms with Crippen molar-refractivity contribution in [3.63, 3.8) is 0 Å². The Hall–Kier alpha value is -2.89. The van der Waals surface area contributed by atoms with Crippen LogP contribution >= 0.6 is 0 Å². The van der Waals surface area contributed by atoms with Crippen molar-refractivity contribution >= 4 is 17.4 Å². The van der Waals surface area contributed by atoms with Crippen molar-refractivity contribution in [3.05, 3.63) is 59.7 Å². The molecule has 0 unspecified atom stereocenters. The summed E-state index contributed by atoms with van der Waals surface area (Å²) in [6, 6.07) is 8.06. The number of anilines is 1. The summed E-state index contributed by atoms with van der Waals surface area (Å²) in [5.74, 6) is -0.489. The molecule has 0 aliphatic rings. The number of imidazole rings is 1. The number of aryl methyl sites for hydroxylation is 1. The van der Waals surface area contributed by atoms with Gasteiger partial charge < -0.3 is 14.8 Å². The van der Waals surface area contributed by atoms with E-state index in [1.807, 2.05) is 31.2 Å². The highest BCUT2D eigenvalue weighted by Gasteiger charge is 2.12. The summed E-state index contributed by atoms with van der Waals surface area (Å²) in [7, 11) is 0. The molecule has 21 heavy (non-hydrogen) atoms. The van der Waals surface area contributed by atoms with Crippen LogP contribution in [0.1, 0.15) is 21.6 Å². The fourth-order valence-corrected chi connectivity index (χ4v) is 2.14. The first-order valence-corrected chi connectivity index (χ1v) is 6.50. The van der Waals surface area contributed by atoms with Crippen LogP contribution in [0.2, 0.25) is 0 Å². The van der Waals surface area contributed by atoms with Crippen molar-refractivity contribution < 1.29 is 9.90 Å². The Morgan fingerprint density at radius 2 is 2.19 bits per heavy atom. The second-order valence-electron chi connectivity index (χ2n) is 4.72. The highest BCUT2D eigenvalue weighted by molar-refractivity contribution is 5.86. The summed E-state index contributed by atoms with van der Waals surface area (Å²) in [6.07, 6.45) is 4.76. The maximum Gasteiger partial charge on any atom is 0.356 e. The molecule has 0 radical (unpaired) electrons. The molecule has 3 rings (SSSR count). The maximum absolute atomic E-state index is 11.0. The van der Waals surface area contributed by atoms with Gasteiger partial charge in [0.25, 0.3) is 0 Å². The molecule has 3 aromatic rings. The normalized spacial score (nSPS) is 10.7. The molecular weight excluding hydrogens is 268 g/mol. The molecular formula is C15H14N4O2. The van der Waals surface area contributed by atoms with E-state index < -0.39 is 5.97 Å². The van der Waals surface area contributed by atoms with E-state index in [1.54, 1.807) is 16.8 Å². The van der Waals surface area contributed by atoms with Crippen LogP contribution in [0.25, 0.3) is 5.65 Å². The van der Waals surface area contributed by atoms with Gasteiger partial charge in [0.05, 0.1) is 0 Å². The third kappa shape index (κ3) is 2.55. The third-order valence-corrected chi connectivity index (χ3v) is 3.30. The van der Waals surface area contributed by atoms with Gasteiger partial charge in [0.1, 0.15) is 0 Å². The predicted octanol–water partition coefficient (Wildman–Crippen LogP) is 2.35. The Balaban J connectivity index is 1.90. The van der Waals surface area contributed by atoms with Gasteiger partial charge >= 0.3 is 5.97 Å². The number of benzene rings is 1. The summed E-state index contributed by atoms with van der Waals surface area (Å²) in [6.45, 7) is 2.65. The van der Waals surface area contributed by atoms with E-state index in [1.165, 1.54) is 11.8 Å². The summed E-state index contributed by atoms with van der Waals surface area (Å²) in [5.41, 5.74) is 2.85. The van der Waals surface area contributed by atoms with Crippen LogP contribution in [0.5, 0.6) is 0 Å². The predicted molar refractivity (Wildman–Crippen MR) is 78.5 cm³/mol. The van der Waals surface area contributed by atoms with Crippen molar-refractivity contribution in [2.24, 2.45) is 0 Å². The molecule has 0 fully saturated rings. The standard InChI is InChI=1S/C15H14N4O2/c1-10-4-2-3-5-11(10)8-17-13-14-18-12(15(20)21)9-19(14)7-6-16-13/h2-7,9H,8H2,1H3,(H,16,17)(H,20,21). The minimum absolute atomic E-state index is 0.00180. The van der Waals surface area contributed by atoms with Crippen molar-refractivity contribution in [3.8, 4) is 0 Å². The fourth-order valence-electron chi connectivity index (χ4n) is 2.14. The molecule has 0 atom stereocenters. The summed E-state index contributed by atoms with van der Waals surface area (Å²) < 4.78 is 1.65. The minimum atomic E-state index is -1.05. The molecule has 2 heterocycles. The van der Waals surface area contributed by atoms with Crippen molar-refractivity contribution in [1.82, 2.24) is 14.4 Å².